The lowest BCUT2D eigenvalue weighted by Crippen LogP contribution is -2.31. The number of anilines is 2. The molecule has 0 fully saturated rings. The highest BCUT2D eigenvalue weighted by atomic mass is 16.5. The number of carbonyl (C=O) groups excluding carboxylic acids is 2. The van der Waals surface area contributed by atoms with Crippen LogP contribution in [-0.4, -0.2) is 91.5 Å². The molecule has 5 aromatic rings. The van der Waals surface area contributed by atoms with Gasteiger partial charge in [-0.1, -0.05) is 74.5 Å². The average molecular weight is 973 g/mol. The van der Waals surface area contributed by atoms with E-state index in [1.807, 2.05) is 113 Å². The van der Waals surface area contributed by atoms with E-state index in [1.165, 1.54) is 5.56 Å². The summed E-state index contributed by atoms with van der Waals surface area (Å²) in [5.41, 5.74) is 8.46. The van der Waals surface area contributed by atoms with Crippen molar-refractivity contribution in [3.8, 4) is 23.6 Å². The summed E-state index contributed by atoms with van der Waals surface area (Å²) in [4.78, 5) is 31.5. The van der Waals surface area contributed by atoms with Crippen molar-refractivity contribution >= 4 is 35.5 Å². The van der Waals surface area contributed by atoms with E-state index in [0.717, 1.165) is 56.7 Å². The Balaban J connectivity index is 1.21. The number of esters is 2. The molecular weight excluding hydrogens is 905 g/mol. The lowest BCUT2D eigenvalue weighted by molar-refractivity contribution is -0.130. The number of rotatable bonds is 25. The van der Waals surface area contributed by atoms with Crippen LogP contribution in [0.5, 0.6) is 11.5 Å². The van der Waals surface area contributed by atoms with Gasteiger partial charge >= 0.3 is 11.9 Å². The van der Waals surface area contributed by atoms with Gasteiger partial charge in [-0.15, -0.1) is 0 Å². The van der Waals surface area contributed by atoms with Gasteiger partial charge in [-0.2, -0.15) is 10.5 Å². The molecule has 0 aliphatic heterocycles. The molecule has 1 atom stereocenters. The average Bonchev–Trinajstić information content (AvgIpc) is 3.63. The molecule has 5 aromatic carbocycles. The van der Waals surface area contributed by atoms with Crippen LogP contribution in [0, 0.1) is 36.5 Å². The Morgan fingerprint density at radius 3 is 1.36 bits per heavy atom. The van der Waals surface area contributed by atoms with Crippen LogP contribution in [0.2, 0.25) is 0 Å². The lowest BCUT2D eigenvalue weighted by Gasteiger charge is -2.34. The summed E-state index contributed by atoms with van der Waals surface area (Å²) in [5.74, 6) is -0.917. The Hall–Kier alpha value is -7.06. The summed E-state index contributed by atoms with van der Waals surface area (Å²) in [6.45, 7) is 21.3. The summed E-state index contributed by atoms with van der Waals surface area (Å²) in [5, 5.41) is 20.3. The zero-order chi connectivity index (χ0) is 51.7. The summed E-state index contributed by atoms with van der Waals surface area (Å²) in [6.07, 6.45) is 3.85. The molecule has 1 aliphatic rings. The van der Waals surface area contributed by atoms with Gasteiger partial charge in [0.15, 0.2) is 0 Å². The molecule has 0 saturated carbocycles. The Morgan fingerprint density at radius 1 is 0.583 bits per heavy atom. The quantitative estimate of drug-likeness (QED) is 0.0180. The number of hydrogen-bond donors (Lipinski definition) is 0. The largest absolute Gasteiger partial charge is 0.422 e. The Bertz CT molecular complexity index is 2780. The van der Waals surface area contributed by atoms with Gasteiger partial charge in [-0.25, -0.2) is 9.59 Å². The molecule has 1 aliphatic carbocycles. The highest BCUT2D eigenvalue weighted by Crippen LogP contribution is 2.56. The molecule has 0 spiro atoms. The van der Waals surface area contributed by atoms with Crippen molar-refractivity contribution in [2.45, 2.75) is 65.7 Å². The molecule has 12 heteroatoms. The second kappa shape index (κ2) is 25.9. The maximum Gasteiger partial charge on any atom is 0.354 e. The number of nitrogens with zero attached hydrogens (tertiary/aromatic N) is 4. The monoisotopic (exact) mass is 973 g/mol. The number of methoxy groups -OCH3 is 1. The molecule has 6 rings (SSSR count). The van der Waals surface area contributed by atoms with Crippen molar-refractivity contribution < 1.29 is 38.0 Å². The Kier molecular flexibility index (Phi) is 19.5. The molecule has 0 aromatic heterocycles. The fraction of sp³-hybridized carbons (Fsp3) is 0.367. The molecule has 0 N–H and O–H groups in total. The van der Waals surface area contributed by atoms with E-state index < -0.39 is 17.4 Å². The number of aryl methyl sites for hydroxylation is 2. The molecule has 0 saturated heterocycles. The van der Waals surface area contributed by atoms with Gasteiger partial charge in [-0.05, 0) is 152 Å². The maximum absolute atomic E-state index is 13.6. The molecule has 376 valence electrons. The first-order chi connectivity index (χ1) is 34.8. The van der Waals surface area contributed by atoms with E-state index >= 15 is 0 Å². The molecule has 72 heavy (non-hydrogen) atoms. The van der Waals surface area contributed by atoms with Gasteiger partial charge in [0, 0.05) is 69.9 Å². The topological polar surface area (TPSA) is 144 Å². The first-order valence-corrected chi connectivity index (χ1v) is 24.7. The summed E-state index contributed by atoms with van der Waals surface area (Å²) in [6, 6.07) is 39.2. The van der Waals surface area contributed by atoms with E-state index in [9.17, 15) is 20.1 Å². The number of ether oxygens (including phenoxy) is 6. The second-order valence-electron chi connectivity index (χ2n) is 18.3. The highest BCUT2D eigenvalue weighted by molar-refractivity contribution is 6.00. The molecule has 0 heterocycles. The minimum atomic E-state index is -0.758. The molecule has 1 unspecified atom stereocenters. The van der Waals surface area contributed by atoms with Crippen LogP contribution in [0.3, 0.4) is 0 Å². The van der Waals surface area contributed by atoms with Crippen molar-refractivity contribution in [2.75, 3.05) is 89.3 Å². The van der Waals surface area contributed by atoms with Crippen LogP contribution in [0.4, 0.5) is 11.4 Å². The fourth-order valence-electron chi connectivity index (χ4n) is 9.44. The van der Waals surface area contributed by atoms with Crippen LogP contribution in [0.25, 0.3) is 12.2 Å². The highest BCUT2D eigenvalue weighted by Gasteiger charge is 2.49. The third kappa shape index (κ3) is 13.3. The molecule has 0 radical (unpaired) electrons. The number of hydrogen-bond acceptors (Lipinski definition) is 12. The van der Waals surface area contributed by atoms with Crippen molar-refractivity contribution in [2.24, 2.45) is 0 Å². The van der Waals surface area contributed by atoms with E-state index in [4.69, 9.17) is 28.4 Å². The zero-order valence-corrected chi connectivity index (χ0v) is 43.1. The van der Waals surface area contributed by atoms with Gasteiger partial charge < -0.3 is 38.2 Å². The number of carbonyl (C=O) groups is 2. The van der Waals surface area contributed by atoms with E-state index in [0.29, 0.717) is 83.9 Å². The number of nitriles is 2. The summed E-state index contributed by atoms with van der Waals surface area (Å²) < 4.78 is 33.8. The minimum absolute atomic E-state index is 0.125. The third-order valence-corrected chi connectivity index (χ3v) is 13.2. The van der Waals surface area contributed by atoms with Crippen molar-refractivity contribution in [1.82, 2.24) is 0 Å². The van der Waals surface area contributed by atoms with E-state index in [2.05, 4.69) is 41.8 Å². The van der Waals surface area contributed by atoms with Crippen LogP contribution >= 0.6 is 0 Å². The first kappa shape index (κ1) is 54.3. The normalized spacial score (nSPS) is 15.0. The van der Waals surface area contributed by atoms with Crippen LogP contribution in [0.15, 0.2) is 120 Å². The predicted molar refractivity (Wildman–Crippen MR) is 283 cm³/mol. The molecular formula is C60H68N4O8. The van der Waals surface area contributed by atoms with E-state index in [1.54, 1.807) is 43.5 Å². The van der Waals surface area contributed by atoms with Crippen LogP contribution in [0.1, 0.15) is 85.5 Å². The smallest absolute Gasteiger partial charge is 0.354 e. The van der Waals surface area contributed by atoms with Gasteiger partial charge in [0.25, 0.3) is 0 Å². The summed E-state index contributed by atoms with van der Waals surface area (Å²) >= 11 is 0. The van der Waals surface area contributed by atoms with Gasteiger partial charge in [0.2, 0.25) is 0 Å². The standard InChI is InChI=1S/C60H68N4O8/c1-9-68-33-29-63(28-32-67-8)51-22-16-45(43(4)36-51)38-47(40-61)57(65)71-53-24-18-49(19-25-53)60(42-59(6,7)55-14-12-13-15-56(55)60)50-20-26-54(27-21-50)72-58(66)48(41-62)39-46-17-23-52(37-44(46)5)64(30-34-69-10-2)31-35-70-11-3/h12-27,36-39H,9-11,28-35,42H2,1-8H3/b47-38+,48-39+. The van der Waals surface area contributed by atoms with Crippen molar-refractivity contribution in [3.05, 3.63) is 165 Å². The second-order valence-corrected chi connectivity index (χ2v) is 18.3. The molecule has 0 bridgehead atoms. The number of benzene rings is 5. The van der Waals surface area contributed by atoms with E-state index in [-0.39, 0.29) is 16.6 Å². The summed E-state index contributed by atoms with van der Waals surface area (Å²) in [7, 11) is 1.67. The van der Waals surface area contributed by atoms with Crippen LogP contribution < -0.4 is 19.3 Å². The first-order valence-electron chi connectivity index (χ1n) is 24.7. The number of fused-ring (bicyclic) bond motifs is 1. The Morgan fingerprint density at radius 2 is 0.986 bits per heavy atom. The van der Waals surface area contributed by atoms with Crippen LogP contribution in [-0.2, 0) is 39.4 Å². The zero-order valence-electron chi connectivity index (χ0n) is 43.1. The molecule has 12 nitrogen and oxygen atoms in total. The van der Waals surface area contributed by atoms with Gasteiger partial charge in [0.1, 0.15) is 34.8 Å². The van der Waals surface area contributed by atoms with Crippen molar-refractivity contribution in [1.29, 1.82) is 10.5 Å². The maximum atomic E-state index is 13.6. The predicted octanol–water partition coefficient (Wildman–Crippen LogP) is 10.7. The SMILES string of the molecule is CCOCCN(CCOC)c1ccc(/C=C(\C#N)C(=O)Oc2ccc(C3(c4ccc(OC(=O)/C(C#N)=C/c5ccc(N(CCOCC)CCOCC)cc5C)cc4)CC(C)(C)c4ccccc43)cc2)c(C)c1. The fourth-order valence-corrected chi connectivity index (χ4v) is 9.44. The Labute approximate surface area is 426 Å². The minimum Gasteiger partial charge on any atom is -0.422 e. The van der Waals surface area contributed by atoms with Crippen molar-refractivity contribution in [3.63, 3.8) is 0 Å². The molecule has 0 amide bonds. The third-order valence-electron chi connectivity index (χ3n) is 13.2. The van der Waals surface area contributed by atoms with Gasteiger partial charge in [0.05, 0.1) is 26.4 Å². The lowest BCUT2D eigenvalue weighted by atomic mass is 9.68. The van der Waals surface area contributed by atoms with Gasteiger partial charge in [-0.3, -0.25) is 0 Å².